The topological polar surface area (TPSA) is 9.23 Å². The van der Waals surface area contributed by atoms with E-state index in [2.05, 4.69) is 41.5 Å². The monoisotopic (exact) mass is 224 g/mol. The highest BCUT2D eigenvalue weighted by Gasteiger charge is 2.61. The number of rotatable bonds is 3. The molecule has 1 heterocycles. The van der Waals surface area contributed by atoms with Crippen LogP contribution in [-0.4, -0.2) is 11.7 Å². The van der Waals surface area contributed by atoms with E-state index >= 15 is 0 Å². The van der Waals surface area contributed by atoms with Gasteiger partial charge in [0.15, 0.2) is 0 Å². The number of fused-ring (bicyclic) bond motifs is 2. The lowest BCUT2D eigenvalue weighted by atomic mass is 9.75. The number of hydrogen-bond acceptors (Lipinski definition) is 1. The Morgan fingerprint density at radius 3 is 2.25 bits per heavy atom. The predicted octanol–water partition coefficient (Wildman–Crippen LogP) is 4.12. The molecule has 0 amide bonds. The third kappa shape index (κ3) is 1.72. The van der Waals surface area contributed by atoms with Crippen LogP contribution in [0.1, 0.15) is 54.4 Å². The summed E-state index contributed by atoms with van der Waals surface area (Å²) in [6.45, 7) is 14.1. The maximum Gasteiger partial charge on any atom is 0.0725 e. The van der Waals surface area contributed by atoms with Crippen LogP contribution in [0, 0.1) is 29.6 Å². The molecule has 16 heavy (non-hydrogen) atoms. The van der Waals surface area contributed by atoms with Crippen molar-refractivity contribution in [2.24, 2.45) is 29.6 Å². The zero-order valence-corrected chi connectivity index (χ0v) is 11.8. The van der Waals surface area contributed by atoms with Crippen LogP contribution in [0.4, 0.5) is 0 Å². The average Bonchev–Trinajstić information content (AvgIpc) is 2.49. The van der Waals surface area contributed by atoms with Gasteiger partial charge in [-0.15, -0.1) is 0 Å². The van der Waals surface area contributed by atoms with Gasteiger partial charge in [-0.25, -0.2) is 0 Å². The van der Waals surface area contributed by atoms with Crippen molar-refractivity contribution < 1.29 is 4.74 Å². The first kappa shape index (κ1) is 12.4. The van der Waals surface area contributed by atoms with Gasteiger partial charge in [0.25, 0.3) is 0 Å². The molecule has 5 atom stereocenters. The molecule has 1 saturated heterocycles. The molecule has 1 aliphatic carbocycles. The van der Waals surface area contributed by atoms with Gasteiger partial charge in [-0.2, -0.15) is 0 Å². The van der Waals surface area contributed by atoms with E-state index in [1.165, 1.54) is 12.8 Å². The van der Waals surface area contributed by atoms with Gasteiger partial charge in [-0.3, -0.25) is 0 Å². The highest BCUT2D eigenvalue weighted by Crippen LogP contribution is 2.60. The van der Waals surface area contributed by atoms with Gasteiger partial charge < -0.3 is 4.74 Å². The van der Waals surface area contributed by atoms with Gasteiger partial charge >= 0.3 is 0 Å². The van der Waals surface area contributed by atoms with Crippen LogP contribution < -0.4 is 0 Å². The molecule has 0 radical (unpaired) electrons. The zero-order valence-electron chi connectivity index (χ0n) is 11.8. The van der Waals surface area contributed by atoms with Gasteiger partial charge in [0, 0.05) is 0 Å². The first-order chi connectivity index (χ1) is 7.37. The van der Waals surface area contributed by atoms with Crippen LogP contribution in [0.5, 0.6) is 0 Å². The highest BCUT2D eigenvalue weighted by atomic mass is 16.5. The largest absolute Gasteiger partial charge is 0.371 e. The van der Waals surface area contributed by atoms with Crippen LogP contribution in [0.2, 0.25) is 0 Å². The number of hydrogen-bond donors (Lipinski definition) is 0. The summed E-state index contributed by atoms with van der Waals surface area (Å²) < 4.78 is 6.40. The molecule has 1 aliphatic heterocycles. The molecule has 2 bridgehead atoms. The van der Waals surface area contributed by atoms with Crippen LogP contribution in [0.3, 0.4) is 0 Å². The van der Waals surface area contributed by atoms with E-state index in [1.807, 2.05) is 0 Å². The van der Waals surface area contributed by atoms with Gasteiger partial charge in [0.05, 0.1) is 11.7 Å². The molecule has 2 rings (SSSR count). The quantitative estimate of drug-likeness (QED) is 0.700. The van der Waals surface area contributed by atoms with E-state index < -0.39 is 0 Å². The van der Waals surface area contributed by atoms with Crippen molar-refractivity contribution in [3.63, 3.8) is 0 Å². The number of ether oxygens (including phenoxy) is 1. The highest BCUT2D eigenvalue weighted by molar-refractivity contribution is 5.09. The van der Waals surface area contributed by atoms with Gasteiger partial charge in [0.1, 0.15) is 0 Å². The normalized spacial score (nSPS) is 47.2. The molecule has 2 fully saturated rings. The van der Waals surface area contributed by atoms with Crippen molar-refractivity contribution in [1.82, 2.24) is 0 Å². The van der Waals surface area contributed by atoms with Crippen molar-refractivity contribution in [1.29, 1.82) is 0 Å². The molecule has 94 valence electrons. The first-order valence-electron chi connectivity index (χ1n) is 7.05. The molecular weight excluding hydrogens is 196 g/mol. The maximum atomic E-state index is 6.40. The Balaban J connectivity index is 2.28. The van der Waals surface area contributed by atoms with Crippen molar-refractivity contribution in [2.45, 2.75) is 66.1 Å². The molecule has 0 spiro atoms. The molecular formula is C15H28O. The predicted molar refractivity (Wildman–Crippen MR) is 68.3 cm³/mol. The SMILES string of the molecule is CC(C)CC12CC(C)C(C(C)O1)C2C(C)C. The molecule has 5 unspecified atom stereocenters. The molecule has 0 aromatic heterocycles. The summed E-state index contributed by atoms with van der Waals surface area (Å²) in [7, 11) is 0. The average molecular weight is 224 g/mol. The van der Waals surface area contributed by atoms with Crippen LogP contribution in [0.15, 0.2) is 0 Å². The molecule has 1 saturated carbocycles. The second-order valence-corrected chi connectivity index (χ2v) is 7.01. The third-order valence-electron chi connectivity index (χ3n) is 4.78. The molecule has 2 aliphatic rings. The summed E-state index contributed by atoms with van der Waals surface area (Å²) in [6, 6.07) is 0. The second-order valence-electron chi connectivity index (χ2n) is 7.01. The fraction of sp³-hybridized carbons (Fsp3) is 1.00. The lowest BCUT2D eigenvalue weighted by molar-refractivity contribution is -0.0967. The Kier molecular flexibility index (Phi) is 3.11. The van der Waals surface area contributed by atoms with Gasteiger partial charge in [-0.1, -0.05) is 34.6 Å². The minimum Gasteiger partial charge on any atom is -0.371 e. The Hall–Kier alpha value is -0.0400. The van der Waals surface area contributed by atoms with E-state index in [1.54, 1.807) is 0 Å². The summed E-state index contributed by atoms with van der Waals surface area (Å²) in [5.74, 6) is 3.96. The third-order valence-corrected chi connectivity index (χ3v) is 4.78. The Bertz CT molecular complexity index is 244. The summed E-state index contributed by atoms with van der Waals surface area (Å²) in [6.07, 6.45) is 3.03. The second kappa shape index (κ2) is 4.01. The molecule has 0 aromatic carbocycles. The van der Waals surface area contributed by atoms with Crippen molar-refractivity contribution in [2.75, 3.05) is 0 Å². The van der Waals surface area contributed by atoms with Crippen LogP contribution in [-0.2, 0) is 4.74 Å². The molecule has 1 heteroatoms. The fourth-order valence-electron chi connectivity index (χ4n) is 4.86. The van der Waals surface area contributed by atoms with Crippen molar-refractivity contribution in [3.8, 4) is 0 Å². The molecule has 0 aromatic rings. The minimum atomic E-state index is 0.214. The molecule has 0 N–H and O–H groups in total. The lowest BCUT2D eigenvalue weighted by Crippen LogP contribution is -2.38. The van der Waals surface area contributed by atoms with Crippen molar-refractivity contribution in [3.05, 3.63) is 0 Å². The van der Waals surface area contributed by atoms with E-state index in [4.69, 9.17) is 4.74 Å². The summed E-state index contributed by atoms with van der Waals surface area (Å²) in [4.78, 5) is 0. The summed E-state index contributed by atoms with van der Waals surface area (Å²) in [5.41, 5.74) is 0.214. The zero-order chi connectivity index (χ0) is 12.1. The Morgan fingerprint density at radius 1 is 1.19 bits per heavy atom. The minimum absolute atomic E-state index is 0.214. The summed E-state index contributed by atoms with van der Waals surface area (Å²) >= 11 is 0. The lowest BCUT2D eigenvalue weighted by Gasteiger charge is -2.36. The summed E-state index contributed by atoms with van der Waals surface area (Å²) in [5, 5.41) is 0. The standard InChI is InChI=1S/C15H28O/c1-9(2)7-15-8-11(5)13(12(6)16-15)14(15)10(3)4/h9-14H,7-8H2,1-6H3. The fourth-order valence-corrected chi connectivity index (χ4v) is 4.86. The van der Waals surface area contributed by atoms with Gasteiger partial charge in [0.2, 0.25) is 0 Å². The van der Waals surface area contributed by atoms with E-state index in [-0.39, 0.29) is 5.60 Å². The van der Waals surface area contributed by atoms with E-state index in [0.717, 1.165) is 29.6 Å². The Labute approximate surface area is 101 Å². The molecule has 1 nitrogen and oxygen atoms in total. The maximum absolute atomic E-state index is 6.40. The van der Waals surface area contributed by atoms with Crippen LogP contribution >= 0.6 is 0 Å². The van der Waals surface area contributed by atoms with E-state index in [0.29, 0.717) is 6.10 Å². The smallest absolute Gasteiger partial charge is 0.0725 e. The van der Waals surface area contributed by atoms with Gasteiger partial charge in [-0.05, 0) is 49.4 Å². The van der Waals surface area contributed by atoms with Crippen molar-refractivity contribution >= 4 is 0 Å². The first-order valence-corrected chi connectivity index (χ1v) is 7.05. The van der Waals surface area contributed by atoms with Crippen LogP contribution in [0.25, 0.3) is 0 Å². The Morgan fingerprint density at radius 2 is 1.81 bits per heavy atom. The van der Waals surface area contributed by atoms with E-state index in [9.17, 15) is 0 Å².